The van der Waals surface area contributed by atoms with Crippen LogP contribution in [-0.2, 0) is 0 Å². The van der Waals surface area contributed by atoms with Crippen molar-refractivity contribution in [1.82, 2.24) is 5.32 Å². The molecule has 5 heteroatoms. The van der Waals surface area contributed by atoms with E-state index in [1.165, 1.54) is 0 Å². The maximum Gasteiger partial charge on any atom is 0.319 e. The second-order valence-corrected chi connectivity index (χ2v) is 5.06. The molecule has 21 heavy (non-hydrogen) atoms. The van der Waals surface area contributed by atoms with Crippen molar-refractivity contribution < 1.29 is 14.6 Å². The molecule has 0 saturated heterocycles. The number of hydrogen-bond donors (Lipinski definition) is 3. The summed E-state index contributed by atoms with van der Waals surface area (Å²) >= 11 is 0. The van der Waals surface area contributed by atoms with Gasteiger partial charge in [-0.3, -0.25) is 0 Å². The normalized spacial score (nSPS) is 11.8. The van der Waals surface area contributed by atoms with Gasteiger partial charge in [0.25, 0.3) is 0 Å². The molecule has 5 nitrogen and oxygen atoms in total. The minimum atomic E-state index is -0.277. The van der Waals surface area contributed by atoms with Gasteiger partial charge in [-0.15, -0.1) is 0 Å². The fourth-order valence-corrected chi connectivity index (χ4v) is 1.94. The highest BCUT2D eigenvalue weighted by molar-refractivity contribution is 5.91. The molecule has 0 bridgehead atoms. The Morgan fingerprint density at radius 1 is 1.38 bits per heavy atom. The quantitative estimate of drug-likeness (QED) is 0.690. The average Bonchev–Trinajstić information content (AvgIpc) is 2.47. The summed E-state index contributed by atoms with van der Waals surface area (Å²) in [4.78, 5) is 12.0. The molecule has 118 valence electrons. The van der Waals surface area contributed by atoms with Crippen molar-refractivity contribution in [1.29, 1.82) is 0 Å². The molecule has 1 aromatic rings. The van der Waals surface area contributed by atoms with Crippen molar-refractivity contribution in [3.63, 3.8) is 0 Å². The summed E-state index contributed by atoms with van der Waals surface area (Å²) in [6.07, 6.45) is 2.24. The molecule has 2 amide bonds. The Balaban J connectivity index is 2.70. The molecule has 1 rings (SSSR count). The second-order valence-electron chi connectivity index (χ2n) is 5.06. The molecule has 0 fully saturated rings. The number of carbonyl (C=O) groups is 1. The Labute approximate surface area is 126 Å². The van der Waals surface area contributed by atoms with Gasteiger partial charge in [-0.05, 0) is 43.9 Å². The molecular weight excluding hydrogens is 268 g/mol. The summed E-state index contributed by atoms with van der Waals surface area (Å²) in [5.74, 6) is 0.683. The van der Waals surface area contributed by atoms with Gasteiger partial charge in [0, 0.05) is 12.6 Å². The van der Waals surface area contributed by atoms with Crippen molar-refractivity contribution >= 4 is 11.7 Å². The highest BCUT2D eigenvalue weighted by atomic mass is 16.5. The van der Waals surface area contributed by atoms with Gasteiger partial charge in [-0.2, -0.15) is 0 Å². The number of carbonyl (C=O) groups excluding carboxylic acids is 1. The van der Waals surface area contributed by atoms with Crippen LogP contribution in [0.4, 0.5) is 10.5 Å². The molecule has 0 aromatic heterocycles. The Kier molecular flexibility index (Phi) is 7.61. The van der Waals surface area contributed by atoms with E-state index in [0.29, 0.717) is 24.5 Å². The van der Waals surface area contributed by atoms with E-state index in [2.05, 4.69) is 10.6 Å². The van der Waals surface area contributed by atoms with E-state index in [1.54, 1.807) is 0 Å². The van der Waals surface area contributed by atoms with E-state index in [0.717, 1.165) is 18.4 Å². The second kappa shape index (κ2) is 9.23. The first-order valence-electron chi connectivity index (χ1n) is 7.52. The van der Waals surface area contributed by atoms with Crippen molar-refractivity contribution in [3.8, 4) is 5.75 Å². The zero-order valence-electron chi connectivity index (χ0n) is 13.1. The third-order valence-corrected chi connectivity index (χ3v) is 3.15. The lowest BCUT2D eigenvalue weighted by Crippen LogP contribution is -2.38. The molecule has 1 aromatic carbocycles. The van der Waals surface area contributed by atoms with Crippen LogP contribution in [0.2, 0.25) is 0 Å². The van der Waals surface area contributed by atoms with Crippen molar-refractivity contribution in [3.05, 3.63) is 23.8 Å². The Hall–Kier alpha value is -1.75. The highest BCUT2D eigenvalue weighted by Gasteiger charge is 2.12. The summed E-state index contributed by atoms with van der Waals surface area (Å²) in [7, 11) is 0. The van der Waals surface area contributed by atoms with E-state index in [9.17, 15) is 4.79 Å². The maximum atomic E-state index is 12.0. The molecule has 1 unspecified atom stereocenters. The van der Waals surface area contributed by atoms with Gasteiger partial charge in [0.2, 0.25) is 0 Å². The Bertz CT molecular complexity index is 449. The summed E-state index contributed by atoms with van der Waals surface area (Å²) < 4.78 is 5.66. The first-order chi connectivity index (χ1) is 10.1. The largest absolute Gasteiger partial charge is 0.491 e. The SMILES string of the molecule is CCCOc1cc(C)ccc1NC(=O)NC(CC)CCO. The first kappa shape index (κ1) is 17.3. The summed E-state index contributed by atoms with van der Waals surface area (Å²) in [5.41, 5.74) is 1.74. The fraction of sp³-hybridized carbons (Fsp3) is 0.562. The van der Waals surface area contributed by atoms with Gasteiger partial charge in [0.15, 0.2) is 0 Å². The van der Waals surface area contributed by atoms with E-state index in [4.69, 9.17) is 9.84 Å². The van der Waals surface area contributed by atoms with Crippen LogP contribution < -0.4 is 15.4 Å². The molecular formula is C16H26N2O3. The van der Waals surface area contributed by atoms with Crippen LogP contribution in [0.25, 0.3) is 0 Å². The van der Waals surface area contributed by atoms with Crippen LogP contribution in [-0.4, -0.2) is 30.4 Å². The highest BCUT2D eigenvalue weighted by Crippen LogP contribution is 2.25. The molecule has 3 N–H and O–H groups in total. The summed E-state index contributed by atoms with van der Waals surface area (Å²) in [6.45, 7) is 6.67. The number of anilines is 1. The van der Waals surface area contributed by atoms with E-state index >= 15 is 0 Å². The van der Waals surface area contributed by atoms with Crippen LogP contribution in [0.3, 0.4) is 0 Å². The zero-order chi connectivity index (χ0) is 15.7. The van der Waals surface area contributed by atoms with Crippen LogP contribution in [0.15, 0.2) is 18.2 Å². The molecule has 0 aliphatic rings. The topological polar surface area (TPSA) is 70.6 Å². The number of urea groups is 1. The van der Waals surface area contributed by atoms with Crippen LogP contribution in [0, 0.1) is 6.92 Å². The number of aliphatic hydroxyl groups excluding tert-OH is 1. The van der Waals surface area contributed by atoms with Crippen LogP contribution in [0.1, 0.15) is 38.7 Å². The maximum absolute atomic E-state index is 12.0. The van der Waals surface area contributed by atoms with Gasteiger partial charge in [0.05, 0.1) is 12.3 Å². The Morgan fingerprint density at radius 3 is 2.76 bits per heavy atom. The third-order valence-electron chi connectivity index (χ3n) is 3.15. The molecule has 0 aliphatic heterocycles. The molecule has 0 spiro atoms. The number of nitrogens with one attached hydrogen (secondary N) is 2. The molecule has 0 heterocycles. The minimum Gasteiger partial charge on any atom is -0.491 e. The Morgan fingerprint density at radius 2 is 2.14 bits per heavy atom. The van der Waals surface area contributed by atoms with Crippen LogP contribution in [0.5, 0.6) is 5.75 Å². The van der Waals surface area contributed by atoms with E-state index < -0.39 is 0 Å². The molecule has 1 atom stereocenters. The molecule has 0 aliphatic carbocycles. The number of ether oxygens (including phenoxy) is 1. The number of aryl methyl sites for hydroxylation is 1. The van der Waals surface area contributed by atoms with Crippen molar-refractivity contribution in [2.75, 3.05) is 18.5 Å². The van der Waals surface area contributed by atoms with Crippen molar-refractivity contribution in [2.24, 2.45) is 0 Å². The van der Waals surface area contributed by atoms with Gasteiger partial charge >= 0.3 is 6.03 Å². The molecule has 0 saturated carbocycles. The van der Waals surface area contributed by atoms with Crippen LogP contribution >= 0.6 is 0 Å². The zero-order valence-corrected chi connectivity index (χ0v) is 13.1. The van der Waals surface area contributed by atoms with Gasteiger partial charge in [-0.1, -0.05) is 19.9 Å². The van der Waals surface area contributed by atoms with Crippen molar-refractivity contribution in [2.45, 2.75) is 46.1 Å². The predicted octanol–water partition coefficient (Wildman–Crippen LogP) is 3.07. The smallest absolute Gasteiger partial charge is 0.319 e. The van der Waals surface area contributed by atoms with Gasteiger partial charge < -0.3 is 20.5 Å². The predicted molar refractivity (Wildman–Crippen MR) is 84.9 cm³/mol. The number of hydrogen-bond acceptors (Lipinski definition) is 3. The lowest BCUT2D eigenvalue weighted by Gasteiger charge is -2.18. The number of aliphatic hydroxyl groups is 1. The lowest BCUT2D eigenvalue weighted by atomic mass is 10.1. The van der Waals surface area contributed by atoms with Gasteiger partial charge in [-0.25, -0.2) is 4.79 Å². The minimum absolute atomic E-state index is 0.0274. The number of amides is 2. The summed E-state index contributed by atoms with van der Waals surface area (Å²) in [5, 5.41) is 14.6. The summed E-state index contributed by atoms with van der Waals surface area (Å²) in [6, 6.07) is 5.38. The van der Waals surface area contributed by atoms with E-state index in [-0.39, 0.29) is 18.7 Å². The number of rotatable bonds is 8. The van der Waals surface area contributed by atoms with Gasteiger partial charge in [0.1, 0.15) is 5.75 Å². The monoisotopic (exact) mass is 294 g/mol. The lowest BCUT2D eigenvalue weighted by molar-refractivity contribution is 0.237. The first-order valence-corrected chi connectivity index (χ1v) is 7.52. The molecule has 0 radical (unpaired) electrons. The number of benzene rings is 1. The van der Waals surface area contributed by atoms with E-state index in [1.807, 2.05) is 39.0 Å². The third kappa shape index (κ3) is 6.04. The average molecular weight is 294 g/mol. The standard InChI is InChI=1S/C16H26N2O3/c1-4-10-21-15-11-12(3)6-7-14(15)18-16(20)17-13(5-2)8-9-19/h6-7,11,13,19H,4-5,8-10H2,1-3H3,(H2,17,18,20). The fourth-order valence-electron chi connectivity index (χ4n) is 1.94.